The van der Waals surface area contributed by atoms with E-state index < -0.39 is 18.2 Å². The maximum atomic E-state index is 14.5. The summed E-state index contributed by atoms with van der Waals surface area (Å²) < 4.78 is 29.6. The van der Waals surface area contributed by atoms with Gasteiger partial charge in [0.25, 0.3) is 0 Å². The molecular formula is C68H115N5O12. The second kappa shape index (κ2) is 35.5. The number of likely N-dealkylation sites (tertiary alicyclic amines) is 2. The van der Waals surface area contributed by atoms with Gasteiger partial charge in [-0.25, -0.2) is 0 Å². The van der Waals surface area contributed by atoms with Gasteiger partial charge in [0.15, 0.2) is 5.78 Å². The van der Waals surface area contributed by atoms with Crippen LogP contribution in [-0.2, 0) is 57.3 Å². The van der Waals surface area contributed by atoms with Crippen molar-refractivity contribution >= 4 is 35.2 Å². The summed E-state index contributed by atoms with van der Waals surface area (Å²) in [6.45, 7) is 28.5. The smallest absolute Gasteiger partial charge is 0.238 e. The van der Waals surface area contributed by atoms with Crippen LogP contribution in [0.5, 0.6) is 0 Å². The van der Waals surface area contributed by atoms with Crippen LogP contribution in [0.3, 0.4) is 0 Å². The van der Waals surface area contributed by atoms with Crippen LogP contribution in [0.1, 0.15) is 184 Å². The fraction of sp³-hybridized carbons (Fsp3) is 0.824. The van der Waals surface area contributed by atoms with Gasteiger partial charge in [0.1, 0.15) is 5.78 Å². The van der Waals surface area contributed by atoms with Crippen molar-refractivity contribution in [3.63, 3.8) is 0 Å². The molecule has 1 aromatic rings. The summed E-state index contributed by atoms with van der Waals surface area (Å²) in [6.07, 6.45) is 10.7. The molecule has 3 heterocycles. The van der Waals surface area contributed by atoms with E-state index in [9.17, 15) is 28.8 Å². The van der Waals surface area contributed by atoms with E-state index in [2.05, 4.69) is 75.3 Å². The van der Waals surface area contributed by atoms with E-state index in [0.29, 0.717) is 71.3 Å². The number of ether oxygens (including phenoxy) is 5. The van der Waals surface area contributed by atoms with Crippen LogP contribution in [-0.4, -0.2) is 186 Å². The Morgan fingerprint density at radius 2 is 1.51 bits per heavy atom. The fourth-order valence-electron chi connectivity index (χ4n) is 14.1. The Hall–Kier alpha value is -3.68. The average Bonchev–Trinajstić information content (AvgIpc) is 2.64. The molecule has 4 fully saturated rings. The third-order valence-corrected chi connectivity index (χ3v) is 20.4. The molecule has 1 saturated carbocycles. The van der Waals surface area contributed by atoms with Crippen molar-refractivity contribution in [2.75, 3.05) is 100 Å². The van der Waals surface area contributed by atoms with Gasteiger partial charge in [0.05, 0.1) is 95.5 Å². The molecule has 1 aliphatic carbocycles. The highest BCUT2D eigenvalue weighted by Gasteiger charge is 2.55. The summed E-state index contributed by atoms with van der Waals surface area (Å²) in [5.41, 5.74) is 1.28. The largest absolute Gasteiger partial charge is 0.381 e. The highest BCUT2D eigenvalue weighted by Crippen LogP contribution is 2.62. The zero-order chi connectivity index (χ0) is 62.4. The summed E-state index contributed by atoms with van der Waals surface area (Å²) in [5, 5.41) is 5.33. The zero-order valence-corrected chi connectivity index (χ0v) is 55.2. The molecule has 0 spiro atoms. The van der Waals surface area contributed by atoms with Crippen molar-refractivity contribution < 1.29 is 57.3 Å². The van der Waals surface area contributed by atoms with Gasteiger partial charge in [0, 0.05) is 65.1 Å². The molecule has 1 N–H and O–H groups in total. The summed E-state index contributed by atoms with van der Waals surface area (Å²) in [6, 6.07) is 9.39. The lowest BCUT2D eigenvalue weighted by molar-refractivity contribution is -0.190. The quantitative estimate of drug-likeness (QED) is 0.0482. The number of hydroxylamine groups is 2. The number of methoxy groups -OCH3 is 2. The zero-order valence-electron chi connectivity index (χ0n) is 55.2. The second-order valence-corrected chi connectivity index (χ2v) is 26.7. The molecule has 484 valence electrons. The summed E-state index contributed by atoms with van der Waals surface area (Å²) >= 11 is 0. The van der Waals surface area contributed by atoms with Crippen LogP contribution in [0.25, 0.3) is 0 Å². The summed E-state index contributed by atoms with van der Waals surface area (Å²) in [4.78, 5) is 94.1. The summed E-state index contributed by atoms with van der Waals surface area (Å²) in [5.74, 6) is -0.685. The number of nitrogens with zero attached hydrogens (tertiary/aromatic N) is 4. The average molecular weight is 1190 g/mol. The molecule has 0 aromatic heterocycles. The molecule has 4 amide bonds. The molecule has 5 rings (SSSR count). The van der Waals surface area contributed by atoms with Crippen molar-refractivity contribution in [2.24, 2.45) is 52.3 Å². The molecule has 4 aliphatic rings. The van der Waals surface area contributed by atoms with Crippen molar-refractivity contribution in [3.05, 3.63) is 35.9 Å². The number of carbonyl (C=O) groups excluding carboxylic acids is 6. The Morgan fingerprint density at radius 1 is 0.835 bits per heavy atom. The monoisotopic (exact) mass is 1190 g/mol. The maximum absolute atomic E-state index is 14.5. The number of hydrogen-bond donors (Lipinski definition) is 1. The van der Waals surface area contributed by atoms with Crippen LogP contribution in [0, 0.1) is 52.3 Å². The van der Waals surface area contributed by atoms with E-state index in [1.807, 2.05) is 58.4 Å². The molecule has 2 unspecified atom stereocenters. The second-order valence-electron chi connectivity index (χ2n) is 26.7. The number of carbonyl (C=O) groups is 6. The van der Waals surface area contributed by atoms with Gasteiger partial charge in [-0.1, -0.05) is 113 Å². The van der Waals surface area contributed by atoms with Crippen molar-refractivity contribution in [1.29, 1.82) is 0 Å². The van der Waals surface area contributed by atoms with Gasteiger partial charge in [-0.2, -0.15) is 5.06 Å². The van der Waals surface area contributed by atoms with Crippen LogP contribution >= 0.6 is 0 Å². The molecule has 17 heteroatoms. The number of likely N-dealkylation sites (N-methyl/N-ethyl adjacent to an activating group) is 1. The summed E-state index contributed by atoms with van der Waals surface area (Å²) in [7, 11) is 5.25. The van der Waals surface area contributed by atoms with E-state index in [1.165, 1.54) is 10.5 Å². The molecule has 12 atom stereocenters. The number of benzene rings is 1. The van der Waals surface area contributed by atoms with Crippen LogP contribution in [0.15, 0.2) is 30.3 Å². The normalized spacial score (nSPS) is 23.3. The van der Waals surface area contributed by atoms with Crippen LogP contribution in [0.4, 0.5) is 0 Å². The minimum Gasteiger partial charge on any atom is -0.381 e. The minimum atomic E-state index is -0.673. The Bertz CT molecular complexity index is 2210. The molecule has 0 radical (unpaired) electrons. The van der Waals surface area contributed by atoms with Crippen molar-refractivity contribution in [3.8, 4) is 0 Å². The van der Waals surface area contributed by atoms with Crippen molar-refractivity contribution in [1.82, 2.24) is 25.1 Å². The highest BCUT2D eigenvalue weighted by molar-refractivity contribution is 6.04. The first-order chi connectivity index (χ1) is 40.6. The van der Waals surface area contributed by atoms with Gasteiger partial charge < -0.3 is 33.9 Å². The minimum absolute atomic E-state index is 0.00301. The van der Waals surface area contributed by atoms with Gasteiger partial charge in [-0.15, -0.1) is 0 Å². The first kappa shape index (κ1) is 72.1. The Labute approximate surface area is 512 Å². The molecule has 1 aromatic carbocycles. The van der Waals surface area contributed by atoms with Crippen LogP contribution < -0.4 is 5.32 Å². The van der Waals surface area contributed by atoms with Gasteiger partial charge in [0.2, 0.25) is 23.6 Å². The van der Waals surface area contributed by atoms with E-state index in [4.69, 9.17) is 28.5 Å². The maximum Gasteiger partial charge on any atom is 0.238 e. The molecular weight excluding hydrogens is 1080 g/mol. The number of imide groups is 1. The lowest BCUT2D eigenvalue weighted by Gasteiger charge is -2.36. The lowest BCUT2D eigenvalue weighted by Crippen LogP contribution is -2.55. The predicted molar refractivity (Wildman–Crippen MR) is 332 cm³/mol. The van der Waals surface area contributed by atoms with Gasteiger partial charge in [-0.3, -0.25) is 43.4 Å². The Balaban J connectivity index is 1.05. The van der Waals surface area contributed by atoms with E-state index >= 15 is 0 Å². The number of hydrogen-bond acceptors (Lipinski definition) is 14. The van der Waals surface area contributed by atoms with Gasteiger partial charge in [-0.05, 0) is 124 Å². The highest BCUT2D eigenvalue weighted by atomic mass is 16.7. The SMILES string of the molecule is CC[C@H](C)[C@H](CCC(C)C(=O)[C@@H](NC(=O)[C@H](C(C)C)N(C)CCOCCOCCOCCN1C(=O)CC(C(C)(CC)CC)C1=O)C(C)C)[C@@H](CC(=O)N1CCC[C@H]1[C@H](OC)[C@@H](C)C(=O)CCC[C@@]1(CN2CCCCO2)C[C@@H]1c1ccccc1)OC. The molecule has 3 aliphatic heterocycles. The standard InChI is InChI=1S/C68H115N5O12/c1-15-49(8)53(58(80-13)44-60(76)72-33-24-27-56(72)64(81-14)51(10)57(74)28-23-31-68(46-71-32-21-22-36-85-71)45-55(68)52-25-19-18-20-26-52)30-29-50(9)63(77)61(47(4)5)69-65(78)62(48(6)7)70(12)34-37-82-39-41-84-42-40-83-38-35-73-59(75)43-54(66(73)79)67(11,16-2)17-3/h18-20,25-26,47-51,53-56,58,61-62,64H,15-17,21-24,27-46H2,1-14H3,(H,69,78)/t49-,50?,51-,53-,54?,55+,56-,58+,61-,62-,64+,68-/m0/s1. The molecule has 0 bridgehead atoms. The third kappa shape index (κ3) is 20.2. The first-order valence-electron chi connectivity index (χ1n) is 33.0. The number of rotatable bonds is 42. The Morgan fingerprint density at radius 3 is 2.11 bits per heavy atom. The predicted octanol–water partition coefficient (Wildman–Crippen LogP) is 9.97. The number of nitrogens with one attached hydrogen (secondary N) is 1. The fourth-order valence-corrected chi connectivity index (χ4v) is 14.1. The first-order valence-corrected chi connectivity index (χ1v) is 33.0. The van der Waals surface area contributed by atoms with E-state index in [-0.39, 0.29) is 126 Å². The van der Waals surface area contributed by atoms with E-state index in [1.54, 1.807) is 14.2 Å². The topological polar surface area (TPSA) is 183 Å². The van der Waals surface area contributed by atoms with Crippen molar-refractivity contribution in [2.45, 2.75) is 209 Å². The number of amides is 4. The molecule has 3 saturated heterocycles. The molecule has 85 heavy (non-hydrogen) atoms. The number of ketones is 2. The Kier molecular flexibility index (Phi) is 30.1. The lowest BCUT2D eigenvalue weighted by atomic mass is 9.72. The number of Topliss-reactive ketones (excluding diaryl/α,β-unsaturated/α-hetero) is 2. The van der Waals surface area contributed by atoms with E-state index in [0.717, 1.165) is 83.9 Å². The van der Waals surface area contributed by atoms with Crippen LogP contribution in [0.2, 0.25) is 0 Å². The van der Waals surface area contributed by atoms with Gasteiger partial charge >= 0.3 is 0 Å². The third-order valence-electron chi connectivity index (χ3n) is 20.4. The molecule has 17 nitrogen and oxygen atoms in total.